The maximum atomic E-state index is 14.4. The van der Waals surface area contributed by atoms with Crippen LogP contribution < -0.4 is 0 Å². The van der Waals surface area contributed by atoms with Crippen molar-refractivity contribution in [3.05, 3.63) is 57.5 Å². The summed E-state index contributed by atoms with van der Waals surface area (Å²) < 4.78 is 26.6. The van der Waals surface area contributed by atoms with Gasteiger partial charge in [-0.2, -0.15) is 0 Å². The first-order valence-electron chi connectivity index (χ1n) is 10.2. The minimum Gasteiger partial charge on any atom is -0.506 e. The molecule has 0 aromatic rings. The number of rotatable bonds is 6. The number of ether oxygens (including phenoxy) is 2. The van der Waals surface area contributed by atoms with E-state index in [0.717, 1.165) is 19.3 Å². The zero-order chi connectivity index (χ0) is 21.1. The predicted octanol–water partition coefficient (Wildman–Crippen LogP) is 5.07. The Kier molecular flexibility index (Phi) is 6.40. The van der Waals surface area contributed by atoms with Crippen molar-refractivity contribution in [3.63, 3.8) is 0 Å². The molecule has 2 aliphatic heterocycles. The first-order chi connectivity index (χ1) is 13.9. The summed E-state index contributed by atoms with van der Waals surface area (Å²) in [6.07, 6.45) is 6.56. The Hall–Kier alpha value is -2.63. The molecule has 5 nitrogen and oxygen atoms in total. The third-order valence-corrected chi connectivity index (χ3v) is 5.39. The number of carbonyl (C=O) groups excluding carboxylic acids is 2. The largest absolute Gasteiger partial charge is 0.506 e. The van der Waals surface area contributed by atoms with Crippen LogP contribution in [-0.2, 0) is 19.1 Å². The van der Waals surface area contributed by atoms with Crippen LogP contribution in [0.4, 0.5) is 4.39 Å². The number of aliphatic hydroxyl groups excluding tert-OH is 1. The minimum absolute atomic E-state index is 0.0307. The van der Waals surface area contributed by atoms with Crippen LogP contribution in [0.25, 0.3) is 0 Å². The average Bonchev–Trinajstić information content (AvgIpc) is 2.96. The molecule has 0 spiro atoms. The molecule has 0 aromatic carbocycles. The molecule has 0 radical (unpaired) electrons. The van der Waals surface area contributed by atoms with E-state index in [1.54, 1.807) is 13.8 Å². The van der Waals surface area contributed by atoms with Gasteiger partial charge in [0.1, 0.15) is 35.1 Å². The van der Waals surface area contributed by atoms with E-state index >= 15 is 0 Å². The van der Waals surface area contributed by atoms with Crippen molar-refractivity contribution in [1.29, 1.82) is 0 Å². The number of carbonyl (C=O) groups is 2. The van der Waals surface area contributed by atoms with E-state index in [1.165, 1.54) is 0 Å². The molecule has 3 rings (SSSR count). The van der Waals surface area contributed by atoms with Gasteiger partial charge in [0.05, 0.1) is 5.57 Å². The minimum atomic E-state index is -0.976. The molecule has 2 unspecified atom stereocenters. The van der Waals surface area contributed by atoms with Gasteiger partial charge in [-0.25, -0.2) is 4.39 Å². The standard InChI is InChI=1S/C23H27FO5/c1-4-6-7-15-9-8-14-11-19(29-15)20(16(5-2)17(24)12-25)22(27)21-18(26)10-13(3)28-23(14)21/h8-9,12-13,15,27H,4-7,10-11H2,1-3H3/b17-16+. The van der Waals surface area contributed by atoms with Crippen LogP contribution in [0.15, 0.2) is 57.5 Å². The molecule has 29 heavy (non-hydrogen) atoms. The lowest BCUT2D eigenvalue weighted by Gasteiger charge is -2.26. The molecule has 0 saturated carbocycles. The van der Waals surface area contributed by atoms with E-state index in [9.17, 15) is 19.1 Å². The summed E-state index contributed by atoms with van der Waals surface area (Å²) in [4.78, 5) is 23.9. The average molecular weight is 402 g/mol. The highest BCUT2D eigenvalue weighted by Gasteiger charge is 2.38. The number of allylic oxidation sites excluding steroid dienone is 5. The van der Waals surface area contributed by atoms with Crippen molar-refractivity contribution in [2.24, 2.45) is 0 Å². The van der Waals surface area contributed by atoms with Crippen LogP contribution in [0.5, 0.6) is 0 Å². The second kappa shape index (κ2) is 8.80. The van der Waals surface area contributed by atoms with Gasteiger partial charge in [-0.05, 0) is 32.3 Å². The summed E-state index contributed by atoms with van der Waals surface area (Å²) >= 11 is 0. The van der Waals surface area contributed by atoms with E-state index in [2.05, 4.69) is 6.92 Å². The molecule has 3 aliphatic rings. The number of aldehydes is 1. The number of unbranched alkanes of at least 4 members (excludes halogenated alkanes) is 1. The Morgan fingerprint density at radius 2 is 2.10 bits per heavy atom. The smallest absolute Gasteiger partial charge is 0.178 e. The Balaban J connectivity index is 2.26. The van der Waals surface area contributed by atoms with E-state index < -0.39 is 5.83 Å². The van der Waals surface area contributed by atoms with Crippen LogP contribution in [0.1, 0.15) is 59.3 Å². The number of hydrogen-bond acceptors (Lipinski definition) is 5. The van der Waals surface area contributed by atoms with Gasteiger partial charge in [0.2, 0.25) is 0 Å². The summed E-state index contributed by atoms with van der Waals surface area (Å²) in [5.74, 6) is -0.950. The summed E-state index contributed by atoms with van der Waals surface area (Å²) in [7, 11) is 0. The molecule has 1 fully saturated rings. The maximum Gasteiger partial charge on any atom is 0.178 e. The summed E-state index contributed by atoms with van der Waals surface area (Å²) in [6.45, 7) is 5.57. The first kappa shape index (κ1) is 21.1. The number of ketones is 1. The fourth-order valence-corrected chi connectivity index (χ4v) is 3.95. The number of aliphatic hydroxyl groups is 1. The monoisotopic (exact) mass is 402 g/mol. The maximum absolute atomic E-state index is 14.4. The first-order valence-corrected chi connectivity index (χ1v) is 10.2. The molecule has 156 valence electrons. The third-order valence-electron chi connectivity index (χ3n) is 5.39. The summed E-state index contributed by atoms with van der Waals surface area (Å²) in [6, 6.07) is 0. The van der Waals surface area contributed by atoms with E-state index in [4.69, 9.17) is 9.47 Å². The Morgan fingerprint density at radius 3 is 2.76 bits per heavy atom. The number of Topliss-reactive ketones (excluding diaryl/α,β-unsaturated/α-hetero) is 1. The van der Waals surface area contributed by atoms with E-state index in [1.807, 2.05) is 12.2 Å². The van der Waals surface area contributed by atoms with Crippen molar-refractivity contribution < 1.29 is 28.6 Å². The fraction of sp³-hybridized carbons (Fsp3) is 0.478. The SMILES string of the molecule is CCCCC1C=CC2=C3OC(C)CC(=O)C3=C(O)C(/C(CC)=C(/F)C=O)=C(C2)O1. The summed E-state index contributed by atoms with van der Waals surface area (Å²) in [5, 5.41) is 11.1. The Morgan fingerprint density at radius 1 is 1.34 bits per heavy atom. The number of fused-ring (bicyclic) bond motifs is 3. The Bertz CT molecular complexity index is 872. The molecule has 2 heterocycles. The van der Waals surface area contributed by atoms with Gasteiger partial charge >= 0.3 is 0 Å². The molecule has 0 amide bonds. The van der Waals surface area contributed by atoms with Crippen molar-refractivity contribution in [2.75, 3.05) is 0 Å². The lowest BCUT2D eigenvalue weighted by Crippen LogP contribution is -2.26. The van der Waals surface area contributed by atoms with Gasteiger partial charge in [0.15, 0.2) is 17.9 Å². The molecular weight excluding hydrogens is 375 g/mol. The topological polar surface area (TPSA) is 72.8 Å². The second-order valence-corrected chi connectivity index (χ2v) is 7.56. The van der Waals surface area contributed by atoms with Gasteiger partial charge in [0.25, 0.3) is 0 Å². The van der Waals surface area contributed by atoms with Gasteiger partial charge in [-0.3, -0.25) is 9.59 Å². The molecule has 2 atom stereocenters. The number of halogens is 1. The van der Waals surface area contributed by atoms with Crippen LogP contribution in [0, 0.1) is 0 Å². The quantitative estimate of drug-likeness (QED) is 0.496. The lowest BCUT2D eigenvalue weighted by molar-refractivity contribution is -0.120. The lowest BCUT2D eigenvalue weighted by atomic mass is 9.92. The van der Waals surface area contributed by atoms with Gasteiger partial charge in [-0.15, -0.1) is 0 Å². The fourth-order valence-electron chi connectivity index (χ4n) is 3.95. The van der Waals surface area contributed by atoms with E-state index in [0.29, 0.717) is 17.1 Å². The van der Waals surface area contributed by atoms with E-state index in [-0.39, 0.29) is 66.0 Å². The Labute approximate surface area is 170 Å². The molecule has 1 saturated heterocycles. The van der Waals surface area contributed by atoms with Crippen LogP contribution >= 0.6 is 0 Å². The highest BCUT2D eigenvalue weighted by atomic mass is 19.1. The molecule has 0 aromatic heterocycles. The molecular formula is C23H27FO5. The van der Waals surface area contributed by atoms with Crippen molar-refractivity contribution in [2.45, 2.75) is 71.5 Å². The zero-order valence-corrected chi connectivity index (χ0v) is 17.1. The highest BCUT2D eigenvalue weighted by molar-refractivity contribution is 6.02. The van der Waals surface area contributed by atoms with Crippen molar-refractivity contribution >= 4 is 12.1 Å². The predicted molar refractivity (Wildman–Crippen MR) is 107 cm³/mol. The molecule has 1 aliphatic carbocycles. The third kappa shape index (κ3) is 4.07. The molecule has 1 N–H and O–H groups in total. The van der Waals surface area contributed by atoms with Crippen LogP contribution in [-0.4, -0.2) is 29.4 Å². The van der Waals surface area contributed by atoms with Crippen LogP contribution in [0.2, 0.25) is 0 Å². The second-order valence-electron chi connectivity index (χ2n) is 7.56. The van der Waals surface area contributed by atoms with Crippen molar-refractivity contribution in [3.8, 4) is 0 Å². The van der Waals surface area contributed by atoms with Crippen LogP contribution in [0.3, 0.4) is 0 Å². The molecule has 2 bridgehead atoms. The zero-order valence-electron chi connectivity index (χ0n) is 17.1. The summed E-state index contributed by atoms with van der Waals surface area (Å²) in [5.41, 5.74) is 0.866. The van der Waals surface area contributed by atoms with Gasteiger partial charge in [-0.1, -0.05) is 26.3 Å². The van der Waals surface area contributed by atoms with Gasteiger partial charge in [0, 0.05) is 24.0 Å². The number of hydrogen-bond donors (Lipinski definition) is 1. The van der Waals surface area contributed by atoms with Gasteiger partial charge < -0.3 is 14.6 Å². The van der Waals surface area contributed by atoms with Crippen molar-refractivity contribution in [1.82, 2.24) is 0 Å². The molecule has 6 heteroatoms. The highest BCUT2D eigenvalue weighted by Crippen LogP contribution is 2.43. The normalized spacial score (nSPS) is 25.0.